The van der Waals surface area contributed by atoms with Gasteiger partial charge in [-0.15, -0.1) is 10.2 Å². The van der Waals surface area contributed by atoms with Gasteiger partial charge in [-0.3, -0.25) is 9.78 Å². The lowest BCUT2D eigenvalue weighted by atomic mass is 10.1. The maximum absolute atomic E-state index is 12.1. The molecule has 1 aromatic carbocycles. The minimum Gasteiger partial charge on any atom is -0.359 e. The minimum atomic E-state index is -0.363. The number of hydrogen-bond donors (Lipinski definition) is 2. The molecule has 2 rings (SSSR count). The van der Waals surface area contributed by atoms with Crippen LogP contribution in [0.25, 0.3) is 11.3 Å². The van der Waals surface area contributed by atoms with E-state index >= 15 is 0 Å². The monoisotopic (exact) mass is 310 g/mol. The van der Waals surface area contributed by atoms with Gasteiger partial charge in [0.05, 0.1) is 0 Å². The Hall–Kier alpha value is -3.10. The third-order valence-electron chi connectivity index (χ3n) is 2.66. The molecule has 8 heteroatoms. The van der Waals surface area contributed by atoms with E-state index in [2.05, 4.69) is 20.5 Å². The number of hydrogen-bond acceptors (Lipinski definition) is 7. The van der Waals surface area contributed by atoms with Crippen LogP contribution in [0.4, 0.5) is 5.69 Å². The van der Waals surface area contributed by atoms with Gasteiger partial charge in [0, 0.05) is 17.5 Å². The second kappa shape index (κ2) is 7.07. The highest BCUT2D eigenvalue weighted by molar-refractivity contribution is 7.98. The average Bonchev–Trinajstić information content (AvgIpc) is 2.56. The molecule has 1 aromatic heterocycles. The van der Waals surface area contributed by atoms with Crippen LogP contribution in [0.5, 0.6) is 0 Å². The van der Waals surface area contributed by atoms with Crippen LogP contribution in [0.2, 0.25) is 0 Å². The molecule has 0 unspecified atom stereocenters. The lowest BCUT2D eigenvalue weighted by Gasteiger charge is -2.07. The molecule has 0 amide bonds. The zero-order valence-corrected chi connectivity index (χ0v) is 12.3. The first-order valence-electron chi connectivity index (χ1n) is 6.07. The molecule has 7 nitrogen and oxygen atoms in total. The van der Waals surface area contributed by atoms with E-state index in [-0.39, 0.29) is 16.8 Å². The van der Waals surface area contributed by atoms with Gasteiger partial charge in [-0.05, 0) is 12.3 Å². The molecule has 0 bridgehead atoms. The molecule has 1 heterocycles. The van der Waals surface area contributed by atoms with Crippen molar-refractivity contribution in [3.05, 3.63) is 46.4 Å². The topological polar surface area (TPSA) is 118 Å². The van der Waals surface area contributed by atoms with E-state index in [0.717, 1.165) is 0 Å². The van der Waals surface area contributed by atoms with E-state index in [1.54, 1.807) is 42.7 Å². The fraction of sp³-hybridized carbons (Fsp3) is 0.0714. The number of nitrogens with zero attached hydrogens (tertiary/aromatic N) is 4. The number of para-hydroxylation sites is 1. The van der Waals surface area contributed by atoms with E-state index in [9.17, 15) is 4.79 Å². The Labute approximate surface area is 130 Å². The summed E-state index contributed by atoms with van der Waals surface area (Å²) in [4.78, 5) is 14.7. The molecule has 0 saturated carbocycles. The van der Waals surface area contributed by atoms with Gasteiger partial charge in [0.25, 0.3) is 5.56 Å². The van der Waals surface area contributed by atoms with Crippen molar-refractivity contribution in [2.45, 2.75) is 5.16 Å². The predicted molar refractivity (Wildman–Crippen MR) is 82.8 cm³/mol. The number of H-pyrrole nitrogens is 1. The Morgan fingerprint density at radius 2 is 2.05 bits per heavy atom. The molecule has 0 fully saturated rings. The standard InChI is InChI=1S/C14H10N6OS/c1-22-14-18-13(21)12(19-20-14)10-4-2-3-5-11(10)17-8-9(6-15)7-16/h2-5,8,17H,1H3,(H,18,20,21). The Balaban J connectivity index is 2.46. The van der Waals surface area contributed by atoms with Crippen molar-refractivity contribution in [1.82, 2.24) is 15.2 Å². The van der Waals surface area contributed by atoms with Gasteiger partial charge in [-0.1, -0.05) is 30.0 Å². The number of aromatic nitrogens is 3. The Bertz CT molecular complexity index is 843. The molecule has 0 atom stereocenters. The van der Waals surface area contributed by atoms with E-state index < -0.39 is 0 Å². The first-order valence-corrected chi connectivity index (χ1v) is 7.29. The largest absolute Gasteiger partial charge is 0.359 e. The van der Waals surface area contributed by atoms with Crippen LogP contribution >= 0.6 is 11.8 Å². The van der Waals surface area contributed by atoms with Crippen LogP contribution in [0, 0.1) is 22.7 Å². The lowest BCUT2D eigenvalue weighted by molar-refractivity contribution is 0.826. The van der Waals surface area contributed by atoms with E-state index in [4.69, 9.17) is 10.5 Å². The van der Waals surface area contributed by atoms with Crippen LogP contribution in [-0.2, 0) is 0 Å². The Kier molecular flexibility index (Phi) is 4.91. The summed E-state index contributed by atoms with van der Waals surface area (Å²) in [5, 5.41) is 28.6. The van der Waals surface area contributed by atoms with Crippen molar-refractivity contribution in [2.24, 2.45) is 0 Å². The number of allylic oxidation sites excluding steroid dienone is 1. The van der Waals surface area contributed by atoms with Gasteiger partial charge in [0.1, 0.15) is 17.7 Å². The van der Waals surface area contributed by atoms with Crippen LogP contribution in [-0.4, -0.2) is 21.4 Å². The van der Waals surface area contributed by atoms with Gasteiger partial charge >= 0.3 is 0 Å². The van der Waals surface area contributed by atoms with E-state index in [1.807, 2.05) is 0 Å². The Morgan fingerprint density at radius 3 is 2.68 bits per heavy atom. The van der Waals surface area contributed by atoms with Crippen LogP contribution < -0.4 is 10.9 Å². The van der Waals surface area contributed by atoms with Gasteiger partial charge < -0.3 is 5.32 Å². The molecular weight excluding hydrogens is 300 g/mol. The van der Waals surface area contributed by atoms with Crippen LogP contribution in [0.1, 0.15) is 0 Å². The number of benzene rings is 1. The first kappa shape index (κ1) is 15.3. The maximum Gasteiger partial charge on any atom is 0.278 e. The molecule has 0 aliphatic heterocycles. The summed E-state index contributed by atoms with van der Waals surface area (Å²) in [7, 11) is 0. The average molecular weight is 310 g/mol. The van der Waals surface area contributed by atoms with Crippen molar-refractivity contribution < 1.29 is 0 Å². The molecule has 108 valence electrons. The third kappa shape index (κ3) is 3.32. The normalized spacial score (nSPS) is 9.41. The summed E-state index contributed by atoms with van der Waals surface area (Å²) in [5.41, 5.74) is 0.785. The number of anilines is 1. The van der Waals surface area contributed by atoms with Crippen molar-refractivity contribution in [1.29, 1.82) is 10.5 Å². The van der Waals surface area contributed by atoms with Gasteiger partial charge in [-0.2, -0.15) is 10.5 Å². The summed E-state index contributed by atoms with van der Waals surface area (Å²) in [5.74, 6) is 0. The van der Waals surface area contributed by atoms with Crippen molar-refractivity contribution in [3.63, 3.8) is 0 Å². The number of thioether (sulfide) groups is 1. The highest BCUT2D eigenvalue weighted by Gasteiger charge is 2.11. The highest BCUT2D eigenvalue weighted by atomic mass is 32.2. The maximum atomic E-state index is 12.1. The van der Waals surface area contributed by atoms with Gasteiger partial charge in [0.2, 0.25) is 0 Å². The van der Waals surface area contributed by atoms with Crippen LogP contribution in [0.3, 0.4) is 0 Å². The fourth-order valence-electron chi connectivity index (χ4n) is 1.65. The van der Waals surface area contributed by atoms with Crippen molar-refractivity contribution in [2.75, 3.05) is 11.6 Å². The zero-order chi connectivity index (χ0) is 15.9. The second-order valence-corrected chi connectivity index (χ2v) is 4.78. The quantitative estimate of drug-likeness (QED) is 0.654. The molecule has 0 spiro atoms. The fourth-order valence-corrected chi connectivity index (χ4v) is 1.96. The summed E-state index contributed by atoms with van der Waals surface area (Å²) in [6, 6.07) is 10.4. The Morgan fingerprint density at radius 1 is 1.32 bits per heavy atom. The smallest absolute Gasteiger partial charge is 0.278 e. The predicted octanol–water partition coefficient (Wildman–Crippen LogP) is 1.90. The zero-order valence-electron chi connectivity index (χ0n) is 11.5. The summed E-state index contributed by atoms with van der Waals surface area (Å²) >= 11 is 1.28. The van der Waals surface area contributed by atoms with E-state index in [1.165, 1.54) is 18.0 Å². The SMILES string of the molecule is CSc1nnc(-c2ccccc2NC=C(C#N)C#N)c(=O)[nH]1. The van der Waals surface area contributed by atoms with Crippen LogP contribution in [0.15, 0.2) is 46.0 Å². The number of rotatable bonds is 4. The summed E-state index contributed by atoms with van der Waals surface area (Å²) in [6.07, 6.45) is 3.06. The van der Waals surface area contributed by atoms with Crippen molar-refractivity contribution >= 4 is 17.4 Å². The third-order valence-corrected chi connectivity index (χ3v) is 3.24. The number of nitriles is 2. The van der Waals surface area contributed by atoms with Crippen molar-refractivity contribution in [3.8, 4) is 23.4 Å². The molecular formula is C14H10N6OS. The van der Waals surface area contributed by atoms with E-state index in [0.29, 0.717) is 16.4 Å². The molecule has 0 aliphatic rings. The first-order chi connectivity index (χ1) is 10.7. The molecule has 2 N–H and O–H groups in total. The number of nitrogens with one attached hydrogen (secondary N) is 2. The minimum absolute atomic E-state index is 0.0764. The van der Waals surface area contributed by atoms with Gasteiger partial charge in [0.15, 0.2) is 10.9 Å². The van der Waals surface area contributed by atoms with Gasteiger partial charge in [-0.25, -0.2) is 0 Å². The number of aromatic amines is 1. The summed E-state index contributed by atoms with van der Waals surface area (Å²) in [6.45, 7) is 0. The molecule has 2 aromatic rings. The molecule has 0 radical (unpaired) electrons. The molecule has 0 aliphatic carbocycles. The highest BCUT2D eigenvalue weighted by Crippen LogP contribution is 2.23. The summed E-state index contributed by atoms with van der Waals surface area (Å²) < 4.78 is 0. The molecule has 22 heavy (non-hydrogen) atoms. The lowest BCUT2D eigenvalue weighted by Crippen LogP contribution is -2.14. The molecule has 0 saturated heterocycles. The second-order valence-electron chi connectivity index (χ2n) is 3.98.